The number of H-pyrrole nitrogens is 1. The Morgan fingerprint density at radius 3 is 2.37 bits per heavy atom. The van der Waals surface area contributed by atoms with Crippen molar-refractivity contribution in [1.29, 1.82) is 0 Å². The largest absolute Gasteiger partial charge is 0.491 e. The summed E-state index contributed by atoms with van der Waals surface area (Å²) in [6, 6.07) is 3.48. The molecule has 7 heteroatoms. The summed E-state index contributed by atoms with van der Waals surface area (Å²) < 4.78 is 36.1. The summed E-state index contributed by atoms with van der Waals surface area (Å²) in [6.45, 7) is 0. The van der Waals surface area contributed by atoms with E-state index in [1.807, 2.05) is 0 Å². The molecule has 0 bridgehead atoms. The van der Waals surface area contributed by atoms with Crippen LogP contribution in [0.2, 0.25) is 0 Å². The number of hydrogen-bond donors (Lipinski definition) is 1. The Balaban J connectivity index is 2.42. The maximum absolute atomic E-state index is 13.5. The van der Waals surface area contributed by atoms with Crippen molar-refractivity contribution in [2.24, 2.45) is 0 Å². The third-order valence-corrected chi connectivity index (χ3v) is 2.48. The number of nitrogens with zero attached hydrogens (tertiary/aromatic N) is 1. The van der Waals surface area contributed by atoms with Crippen molar-refractivity contribution in [3.05, 3.63) is 35.5 Å². The van der Waals surface area contributed by atoms with Gasteiger partial charge < -0.3 is 9.47 Å². The first-order chi connectivity index (χ1) is 9.06. The van der Waals surface area contributed by atoms with Crippen LogP contribution in [0.5, 0.6) is 5.75 Å². The molecule has 0 atom stereocenters. The lowest BCUT2D eigenvalue weighted by molar-refractivity contribution is 0.0594. The van der Waals surface area contributed by atoms with Gasteiger partial charge >= 0.3 is 5.97 Å². The minimum Gasteiger partial charge on any atom is -0.491 e. The summed E-state index contributed by atoms with van der Waals surface area (Å²) >= 11 is 0. The van der Waals surface area contributed by atoms with Crippen molar-refractivity contribution < 1.29 is 23.0 Å². The smallest absolute Gasteiger partial charge is 0.356 e. The third-order valence-electron chi connectivity index (χ3n) is 2.48. The van der Waals surface area contributed by atoms with Crippen LogP contribution >= 0.6 is 0 Å². The highest BCUT2D eigenvalue weighted by atomic mass is 19.1. The summed E-state index contributed by atoms with van der Waals surface area (Å²) in [5, 5.41) is 6.21. The third kappa shape index (κ3) is 2.40. The molecule has 0 amide bonds. The Kier molecular flexibility index (Phi) is 3.46. The Morgan fingerprint density at radius 1 is 1.21 bits per heavy atom. The van der Waals surface area contributed by atoms with Crippen molar-refractivity contribution in [2.75, 3.05) is 14.2 Å². The van der Waals surface area contributed by atoms with E-state index in [0.717, 1.165) is 12.1 Å². The van der Waals surface area contributed by atoms with E-state index in [-0.39, 0.29) is 17.0 Å². The fourth-order valence-electron chi connectivity index (χ4n) is 1.59. The van der Waals surface area contributed by atoms with Crippen LogP contribution in [0.3, 0.4) is 0 Å². The first kappa shape index (κ1) is 13.0. The Morgan fingerprint density at radius 2 is 1.84 bits per heavy atom. The zero-order valence-electron chi connectivity index (χ0n) is 10.2. The number of methoxy groups -OCH3 is 2. The van der Waals surface area contributed by atoms with E-state index in [0.29, 0.717) is 0 Å². The quantitative estimate of drug-likeness (QED) is 0.866. The molecule has 0 saturated heterocycles. The molecule has 0 radical (unpaired) electrons. The second-order valence-electron chi connectivity index (χ2n) is 3.63. The number of carbonyl (C=O) groups is 1. The van der Waals surface area contributed by atoms with Gasteiger partial charge in [-0.3, -0.25) is 5.10 Å². The highest BCUT2D eigenvalue weighted by Crippen LogP contribution is 2.28. The number of aromatic amines is 1. The van der Waals surface area contributed by atoms with Gasteiger partial charge in [0.2, 0.25) is 0 Å². The van der Waals surface area contributed by atoms with Crippen molar-refractivity contribution >= 4 is 5.97 Å². The molecule has 1 aromatic heterocycles. The molecule has 19 heavy (non-hydrogen) atoms. The van der Waals surface area contributed by atoms with Gasteiger partial charge in [-0.1, -0.05) is 0 Å². The van der Waals surface area contributed by atoms with Gasteiger partial charge in [0.05, 0.1) is 19.9 Å². The van der Waals surface area contributed by atoms with E-state index >= 15 is 0 Å². The molecular weight excluding hydrogens is 258 g/mol. The Hall–Kier alpha value is -2.44. The number of benzene rings is 1. The standard InChI is InChI=1S/C12H10F2N2O3/c1-18-11-7(13)3-6(4-8(11)14)9-5-10(16-15-9)12(17)19-2/h3-5H,1-2H3,(H,15,16). The number of nitrogens with one attached hydrogen (secondary N) is 1. The molecule has 0 aliphatic rings. The number of halogens is 2. The minimum absolute atomic E-state index is 0.0918. The zero-order valence-corrected chi connectivity index (χ0v) is 10.2. The summed E-state index contributed by atoms with van der Waals surface area (Å²) in [4.78, 5) is 11.2. The van der Waals surface area contributed by atoms with E-state index in [1.165, 1.54) is 20.3 Å². The molecule has 0 aliphatic carbocycles. The molecule has 0 saturated carbocycles. The van der Waals surface area contributed by atoms with Crippen LogP contribution in [-0.4, -0.2) is 30.4 Å². The lowest BCUT2D eigenvalue weighted by atomic mass is 10.1. The van der Waals surface area contributed by atoms with Gasteiger partial charge in [0, 0.05) is 5.56 Å². The van der Waals surface area contributed by atoms with Crippen LogP contribution in [-0.2, 0) is 4.74 Å². The molecule has 100 valence electrons. The molecule has 0 spiro atoms. The Bertz CT molecular complexity index is 602. The summed E-state index contributed by atoms with van der Waals surface area (Å²) in [7, 11) is 2.39. The normalized spacial score (nSPS) is 10.3. The Labute approximate surface area is 107 Å². The predicted octanol–water partition coefficient (Wildman–Crippen LogP) is 2.15. The van der Waals surface area contributed by atoms with Gasteiger partial charge in [0.15, 0.2) is 17.4 Å². The molecule has 1 aromatic carbocycles. The molecule has 2 aromatic rings. The van der Waals surface area contributed by atoms with Crippen LogP contribution < -0.4 is 4.74 Å². The number of hydrogen-bond acceptors (Lipinski definition) is 4. The second kappa shape index (κ2) is 5.05. The molecule has 5 nitrogen and oxygen atoms in total. The van der Waals surface area contributed by atoms with Crippen molar-refractivity contribution in [2.45, 2.75) is 0 Å². The fraction of sp³-hybridized carbons (Fsp3) is 0.167. The number of ether oxygens (including phenoxy) is 2. The predicted molar refractivity (Wildman–Crippen MR) is 61.8 cm³/mol. The topological polar surface area (TPSA) is 64.2 Å². The number of esters is 1. The number of rotatable bonds is 3. The summed E-state index contributed by atoms with van der Waals surface area (Å²) in [5.74, 6) is -2.78. The maximum atomic E-state index is 13.5. The van der Waals surface area contributed by atoms with Gasteiger partial charge in [-0.25, -0.2) is 13.6 Å². The first-order valence-electron chi connectivity index (χ1n) is 5.24. The summed E-state index contributed by atoms with van der Waals surface area (Å²) in [6.07, 6.45) is 0. The molecule has 0 aliphatic heterocycles. The van der Waals surface area contributed by atoms with Crippen LogP contribution in [0.4, 0.5) is 8.78 Å². The lowest BCUT2D eigenvalue weighted by Crippen LogP contribution is -2.00. The van der Waals surface area contributed by atoms with Gasteiger partial charge in [0.25, 0.3) is 0 Å². The molecule has 2 rings (SSSR count). The maximum Gasteiger partial charge on any atom is 0.356 e. The van der Waals surface area contributed by atoms with Gasteiger partial charge in [-0.2, -0.15) is 5.10 Å². The van der Waals surface area contributed by atoms with E-state index < -0.39 is 23.4 Å². The number of aromatic nitrogens is 2. The second-order valence-corrected chi connectivity index (χ2v) is 3.63. The number of carbonyl (C=O) groups excluding carboxylic acids is 1. The molecule has 1 N–H and O–H groups in total. The highest BCUT2D eigenvalue weighted by Gasteiger charge is 2.16. The molecule has 0 fully saturated rings. The average molecular weight is 268 g/mol. The van der Waals surface area contributed by atoms with Crippen molar-refractivity contribution in [3.63, 3.8) is 0 Å². The van der Waals surface area contributed by atoms with Crippen LogP contribution in [0.15, 0.2) is 18.2 Å². The van der Waals surface area contributed by atoms with Crippen molar-refractivity contribution in [1.82, 2.24) is 10.2 Å². The van der Waals surface area contributed by atoms with Gasteiger partial charge in [-0.15, -0.1) is 0 Å². The van der Waals surface area contributed by atoms with Gasteiger partial charge in [-0.05, 0) is 18.2 Å². The first-order valence-corrected chi connectivity index (χ1v) is 5.24. The molecule has 0 unspecified atom stereocenters. The molecular formula is C12H10F2N2O3. The zero-order chi connectivity index (χ0) is 14.0. The SMILES string of the molecule is COC(=O)c1cc(-c2cc(F)c(OC)c(F)c2)n[nH]1. The summed E-state index contributed by atoms with van der Waals surface area (Å²) in [5.41, 5.74) is 0.497. The average Bonchev–Trinajstić information content (AvgIpc) is 2.87. The van der Waals surface area contributed by atoms with E-state index in [1.54, 1.807) is 0 Å². The van der Waals surface area contributed by atoms with Crippen LogP contribution in [0.25, 0.3) is 11.3 Å². The van der Waals surface area contributed by atoms with E-state index in [2.05, 4.69) is 19.7 Å². The monoisotopic (exact) mass is 268 g/mol. The van der Waals surface area contributed by atoms with Crippen LogP contribution in [0, 0.1) is 11.6 Å². The van der Waals surface area contributed by atoms with Crippen molar-refractivity contribution in [3.8, 4) is 17.0 Å². The van der Waals surface area contributed by atoms with Gasteiger partial charge in [0.1, 0.15) is 5.69 Å². The molecule has 1 heterocycles. The van der Waals surface area contributed by atoms with E-state index in [9.17, 15) is 13.6 Å². The minimum atomic E-state index is -0.847. The highest BCUT2D eigenvalue weighted by molar-refractivity contribution is 5.88. The fourth-order valence-corrected chi connectivity index (χ4v) is 1.59. The van der Waals surface area contributed by atoms with Crippen LogP contribution in [0.1, 0.15) is 10.5 Å². The van der Waals surface area contributed by atoms with E-state index in [4.69, 9.17) is 0 Å². The lowest BCUT2D eigenvalue weighted by Gasteiger charge is -2.04.